The Bertz CT molecular complexity index is 1360. The van der Waals surface area contributed by atoms with Gasteiger partial charge < -0.3 is 4.74 Å². The fraction of sp³-hybridized carbons (Fsp3) is 0.318. The van der Waals surface area contributed by atoms with Crippen molar-refractivity contribution in [2.24, 2.45) is 0 Å². The zero-order valence-corrected chi connectivity index (χ0v) is 19.8. The van der Waals surface area contributed by atoms with Crippen LogP contribution in [0.5, 0.6) is 5.75 Å². The van der Waals surface area contributed by atoms with E-state index in [-0.39, 0.29) is 11.7 Å². The van der Waals surface area contributed by atoms with Crippen LogP contribution in [0, 0.1) is 6.92 Å². The van der Waals surface area contributed by atoms with Gasteiger partial charge in [-0.15, -0.1) is 21.5 Å². The minimum absolute atomic E-state index is 0.0723. The minimum Gasteiger partial charge on any atom is -0.497 e. The highest BCUT2D eigenvalue weighted by molar-refractivity contribution is 7.99. The van der Waals surface area contributed by atoms with Crippen LogP contribution in [-0.4, -0.2) is 44.3 Å². The van der Waals surface area contributed by atoms with Gasteiger partial charge in [0.25, 0.3) is 5.91 Å². The number of carbonyl (C=O) groups excluding carboxylic acids is 2. The molecule has 0 atom stereocenters. The lowest BCUT2D eigenvalue weighted by Gasteiger charge is -2.10. The smallest absolute Gasteiger partial charge is 0.269 e. The van der Waals surface area contributed by atoms with Gasteiger partial charge in [-0.2, -0.15) is 0 Å². The number of nitrogens with zero attached hydrogens (tertiary/aromatic N) is 4. The molecule has 3 aromatic heterocycles. The summed E-state index contributed by atoms with van der Waals surface area (Å²) in [7, 11) is 1.56. The molecule has 0 unspecified atom stereocenters. The summed E-state index contributed by atoms with van der Waals surface area (Å²) in [5, 5.41) is 10.5. The number of hydrogen-bond donors (Lipinski definition) is 2. The number of fused-ring (bicyclic) bond motifs is 5. The molecule has 0 radical (unpaired) electrons. The molecule has 33 heavy (non-hydrogen) atoms. The number of aromatic nitrogens is 4. The first-order valence-electron chi connectivity index (χ1n) is 10.6. The van der Waals surface area contributed by atoms with Gasteiger partial charge in [-0.05, 0) is 62.4 Å². The van der Waals surface area contributed by atoms with Crippen molar-refractivity contribution >= 4 is 50.8 Å². The van der Waals surface area contributed by atoms with E-state index in [0.29, 0.717) is 16.5 Å². The summed E-state index contributed by atoms with van der Waals surface area (Å²) < 4.78 is 6.99. The number of thiophene rings is 1. The van der Waals surface area contributed by atoms with E-state index in [9.17, 15) is 9.59 Å². The molecule has 9 nitrogen and oxygen atoms in total. The fourth-order valence-corrected chi connectivity index (χ4v) is 6.06. The van der Waals surface area contributed by atoms with E-state index < -0.39 is 5.91 Å². The van der Waals surface area contributed by atoms with Crippen LogP contribution in [-0.2, 0) is 17.6 Å². The number of carbonyl (C=O) groups is 2. The average Bonchev–Trinajstić information content (AvgIpc) is 3.42. The van der Waals surface area contributed by atoms with Gasteiger partial charge in [-0.1, -0.05) is 11.8 Å². The molecule has 170 valence electrons. The van der Waals surface area contributed by atoms with Gasteiger partial charge in [0.2, 0.25) is 5.91 Å². The van der Waals surface area contributed by atoms with Crippen LogP contribution in [0.1, 0.15) is 39.5 Å². The number of rotatable bonds is 5. The predicted octanol–water partition coefficient (Wildman–Crippen LogP) is 3.09. The quantitative estimate of drug-likeness (QED) is 0.332. The Morgan fingerprint density at radius 2 is 1.94 bits per heavy atom. The van der Waals surface area contributed by atoms with Crippen molar-refractivity contribution in [1.29, 1.82) is 0 Å². The van der Waals surface area contributed by atoms with Crippen LogP contribution in [0.15, 0.2) is 29.4 Å². The fourth-order valence-electron chi connectivity index (χ4n) is 3.98. The molecular formula is C22H22N6O3S2. The van der Waals surface area contributed by atoms with Gasteiger partial charge in [0.15, 0.2) is 10.8 Å². The molecule has 0 saturated carbocycles. The molecule has 1 aliphatic rings. The Morgan fingerprint density at radius 3 is 2.73 bits per heavy atom. The molecular weight excluding hydrogens is 460 g/mol. The van der Waals surface area contributed by atoms with Crippen LogP contribution in [0.2, 0.25) is 0 Å². The Hall–Kier alpha value is -3.18. The van der Waals surface area contributed by atoms with Gasteiger partial charge in [0, 0.05) is 10.4 Å². The Kier molecular flexibility index (Phi) is 5.90. The number of amides is 2. The number of hydrogen-bond acceptors (Lipinski definition) is 8. The standard InChI is InChI=1S/C22H22N6O3S2/c1-12-23-21-18(15-5-3-4-6-16(15)33-21)19-25-27-22(28(12)19)32-11-17(29)24-26-20(30)13-7-9-14(31-2)10-8-13/h7-10H,3-6,11H2,1-2H3,(H,24,29)(H,26,30). The third-order valence-corrected chi connectivity index (χ3v) is 7.71. The highest BCUT2D eigenvalue weighted by Gasteiger charge is 2.22. The summed E-state index contributed by atoms with van der Waals surface area (Å²) in [6.45, 7) is 1.92. The second-order valence-electron chi connectivity index (χ2n) is 7.71. The predicted molar refractivity (Wildman–Crippen MR) is 127 cm³/mol. The first-order chi connectivity index (χ1) is 16.0. The van der Waals surface area contributed by atoms with E-state index in [0.717, 1.165) is 34.5 Å². The molecule has 0 bridgehead atoms. The molecule has 11 heteroatoms. The SMILES string of the molecule is COc1ccc(C(=O)NNC(=O)CSc2nnc3c4c5c(sc4nc(C)n23)CCCC5)cc1. The van der Waals surface area contributed by atoms with Gasteiger partial charge in [-0.25, -0.2) is 4.98 Å². The second kappa shape index (κ2) is 8.99. The maximum Gasteiger partial charge on any atom is 0.269 e. The van der Waals surface area contributed by atoms with Crippen molar-refractivity contribution in [1.82, 2.24) is 30.4 Å². The van der Waals surface area contributed by atoms with E-state index in [1.54, 1.807) is 42.7 Å². The molecule has 2 N–H and O–H groups in total. The van der Waals surface area contributed by atoms with Gasteiger partial charge in [0.05, 0.1) is 18.2 Å². The maximum absolute atomic E-state index is 12.3. The summed E-state index contributed by atoms with van der Waals surface area (Å²) >= 11 is 3.01. The second-order valence-corrected chi connectivity index (χ2v) is 9.74. The van der Waals surface area contributed by atoms with Crippen molar-refractivity contribution in [3.8, 4) is 5.75 Å². The van der Waals surface area contributed by atoms with Crippen molar-refractivity contribution in [3.05, 3.63) is 46.1 Å². The number of methoxy groups -OCH3 is 1. The zero-order valence-electron chi connectivity index (χ0n) is 18.2. The van der Waals surface area contributed by atoms with E-state index in [4.69, 9.17) is 9.72 Å². The van der Waals surface area contributed by atoms with E-state index in [1.165, 1.54) is 35.0 Å². The Balaban J connectivity index is 1.27. The lowest BCUT2D eigenvalue weighted by Crippen LogP contribution is -2.42. The van der Waals surface area contributed by atoms with Crippen LogP contribution >= 0.6 is 23.1 Å². The number of hydrazine groups is 1. The molecule has 0 saturated heterocycles. The number of nitrogens with one attached hydrogen (secondary N) is 2. The molecule has 0 fully saturated rings. The monoisotopic (exact) mass is 482 g/mol. The van der Waals surface area contributed by atoms with E-state index in [1.807, 2.05) is 11.3 Å². The number of aryl methyl sites for hydroxylation is 3. The molecule has 1 aromatic carbocycles. The first-order valence-corrected chi connectivity index (χ1v) is 12.4. The minimum atomic E-state index is -0.409. The lowest BCUT2D eigenvalue weighted by molar-refractivity contribution is -0.119. The van der Waals surface area contributed by atoms with Crippen molar-refractivity contribution in [2.45, 2.75) is 37.8 Å². The third kappa shape index (κ3) is 4.13. The molecule has 0 spiro atoms. The van der Waals surface area contributed by atoms with E-state index >= 15 is 0 Å². The normalized spacial score (nSPS) is 13.2. The molecule has 1 aliphatic carbocycles. The summed E-state index contributed by atoms with van der Waals surface area (Å²) in [5.41, 5.74) is 7.42. The van der Waals surface area contributed by atoms with Gasteiger partial charge in [-0.3, -0.25) is 24.8 Å². The lowest BCUT2D eigenvalue weighted by atomic mass is 9.97. The summed E-state index contributed by atoms with van der Waals surface area (Å²) in [6.07, 6.45) is 4.53. The number of thioether (sulfide) groups is 1. The first kappa shape index (κ1) is 21.7. The summed E-state index contributed by atoms with van der Waals surface area (Å²) in [4.78, 5) is 31.7. The van der Waals surface area contributed by atoms with Crippen LogP contribution in [0.3, 0.4) is 0 Å². The van der Waals surface area contributed by atoms with Gasteiger partial charge >= 0.3 is 0 Å². The van der Waals surface area contributed by atoms with Crippen LogP contribution in [0.4, 0.5) is 0 Å². The van der Waals surface area contributed by atoms with Crippen LogP contribution < -0.4 is 15.6 Å². The topological polar surface area (TPSA) is 111 Å². The maximum atomic E-state index is 12.3. The van der Waals surface area contributed by atoms with Gasteiger partial charge in [0.1, 0.15) is 16.4 Å². The zero-order chi connectivity index (χ0) is 22.9. The summed E-state index contributed by atoms with van der Waals surface area (Å²) in [6, 6.07) is 6.61. The number of ether oxygens (including phenoxy) is 1. The Labute approximate surface area is 197 Å². The molecule has 2 amide bonds. The molecule has 5 rings (SSSR count). The number of benzene rings is 1. The average molecular weight is 483 g/mol. The Morgan fingerprint density at radius 1 is 1.15 bits per heavy atom. The molecule has 3 heterocycles. The molecule has 0 aliphatic heterocycles. The summed E-state index contributed by atoms with van der Waals surface area (Å²) in [5.74, 6) is 0.754. The van der Waals surface area contributed by atoms with E-state index in [2.05, 4.69) is 21.0 Å². The highest BCUT2D eigenvalue weighted by atomic mass is 32.2. The van der Waals surface area contributed by atoms with Crippen molar-refractivity contribution < 1.29 is 14.3 Å². The van der Waals surface area contributed by atoms with Crippen molar-refractivity contribution in [3.63, 3.8) is 0 Å². The largest absolute Gasteiger partial charge is 0.497 e. The third-order valence-electron chi connectivity index (χ3n) is 5.60. The molecule has 4 aromatic rings. The van der Waals surface area contributed by atoms with Crippen LogP contribution in [0.25, 0.3) is 15.9 Å². The highest BCUT2D eigenvalue weighted by Crippen LogP contribution is 2.38. The van der Waals surface area contributed by atoms with Crippen molar-refractivity contribution in [2.75, 3.05) is 12.9 Å².